The van der Waals surface area contributed by atoms with E-state index in [0.29, 0.717) is 33.0 Å². The Morgan fingerprint density at radius 2 is 1.88 bits per heavy atom. The van der Waals surface area contributed by atoms with E-state index in [1.54, 1.807) is 7.11 Å². The van der Waals surface area contributed by atoms with E-state index in [1.165, 1.54) is 0 Å². The predicted octanol–water partition coefficient (Wildman–Crippen LogP) is 1.45. The van der Waals surface area contributed by atoms with Crippen LogP contribution in [0.15, 0.2) is 0 Å². The van der Waals surface area contributed by atoms with Crippen LogP contribution in [0.2, 0.25) is 0 Å². The lowest BCUT2D eigenvalue weighted by atomic mass is 9.91. The van der Waals surface area contributed by atoms with Crippen molar-refractivity contribution in [1.82, 2.24) is 0 Å². The van der Waals surface area contributed by atoms with Gasteiger partial charge in [0.1, 0.15) is 6.10 Å². The van der Waals surface area contributed by atoms with Crippen molar-refractivity contribution in [2.45, 2.75) is 30.9 Å². The summed E-state index contributed by atoms with van der Waals surface area (Å²) in [5.41, 5.74) is 0. The van der Waals surface area contributed by atoms with Crippen LogP contribution < -0.4 is 0 Å². The first-order chi connectivity index (χ1) is 7.79. The van der Waals surface area contributed by atoms with E-state index in [9.17, 15) is 0 Å². The molecule has 1 rings (SSSR count). The minimum Gasteiger partial charge on any atom is -0.382 e. The second-order valence-corrected chi connectivity index (χ2v) is 4.25. The fourth-order valence-electron chi connectivity index (χ4n) is 1.60. The maximum atomic E-state index is 6.02. The van der Waals surface area contributed by atoms with Crippen molar-refractivity contribution in [2.75, 3.05) is 40.1 Å². The van der Waals surface area contributed by atoms with Crippen LogP contribution in [0.5, 0.6) is 0 Å². The maximum absolute atomic E-state index is 6.02. The van der Waals surface area contributed by atoms with Crippen LogP contribution in [0.3, 0.4) is 0 Å². The molecular weight excluding hydrogens is 232 g/mol. The molecule has 96 valence electrons. The zero-order chi connectivity index (χ0) is 11.8. The summed E-state index contributed by atoms with van der Waals surface area (Å²) in [6.45, 7) is 5.05. The summed E-state index contributed by atoms with van der Waals surface area (Å²) in [5, 5.41) is 0.0966. The molecular formula is C11H21ClO4. The third-order valence-corrected chi connectivity index (χ3v) is 2.96. The van der Waals surface area contributed by atoms with Crippen molar-refractivity contribution in [3.63, 3.8) is 0 Å². The lowest BCUT2D eigenvalue weighted by Gasteiger charge is -2.40. The molecule has 1 fully saturated rings. The zero-order valence-electron chi connectivity index (χ0n) is 9.99. The first kappa shape index (κ1) is 14.2. The Hall–Kier alpha value is 0.130. The lowest BCUT2D eigenvalue weighted by molar-refractivity contribution is -0.129. The highest BCUT2D eigenvalue weighted by Gasteiger charge is 2.41. The molecule has 0 saturated heterocycles. The Balaban J connectivity index is 1.96. The molecule has 3 unspecified atom stereocenters. The van der Waals surface area contributed by atoms with Crippen molar-refractivity contribution >= 4 is 11.6 Å². The van der Waals surface area contributed by atoms with Gasteiger partial charge in [-0.2, -0.15) is 0 Å². The topological polar surface area (TPSA) is 36.9 Å². The quantitative estimate of drug-likeness (QED) is 0.460. The van der Waals surface area contributed by atoms with E-state index in [4.69, 9.17) is 30.5 Å². The van der Waals surface area contributed by atoms with Gasteiger partial charge in [0.05, 0.1) is 37.9 Å². The maximum Gasteiger partial charge on any atom is 0.100 e. The Morgan fingerprint density at radius 3 is 2.50 bits per heavy atom. The van der Waals surface area contributed by atoms with Gasteiger partial charge in [0.15, 0.2) is 0 Å². The smallest absolute Gasteiger partial charge is 0.100 e. The highest BCUT2D eigenvalue weighted by molar-refractivity contribution is 6.21. The number of ether oxygens (including phenoxy) is 4. The Labute approximate surface area is 102 Å². The Morgan fingerprint density at radius 1 is 1.12 bits per heavy atom. The van der Waals surface area contributed by atoms with Crippen molar-refractivity contribution in [1.29, 1.82) is 0 Å². The minimum atomic E-state index is 0.0469. The second-order valence-electron chi connectivity index (χ2n) is 3.69. The molecule has 0 aromatic carbocycles. The molecule has 0 bridgehead atoms. The van der Waals surface area contributed by atoms with Crippen LogP contribution in [0.25, 0.3) is 0 Å². The molecule has 4 nitrogen and oxygen atoms in total. The predicted molar refractivity (Wildman–Crippen MR) is 62.1 cm³/mol. The first-order valence-electron chi connectivity index (χ1n) is 5.73. The largest absolute Gasteiger partial charge is 0.382 e. The summed E-state index contributed by atoms with van der Waals surface area (Å²) in [4.78, 5) is 0. The number of rotatable bonds is 9. The van der Waals surface area contributed by atoms with E-state index in [2.05, 4.69) is 0 Å². The van der Waals surface area contributed by atoms with Crippen molar-refractivity contribution in [3.05, 3.63) is 0 Å². The summed E-state index contributed by atoms with van der Waals surface area (Å²) in [7, 11) is 1.65. The molecule has 0 aromatic rings. The lowest BCUT2D eigenvalue weighted by Crippen LogP contribution is -2.51. The number of hydrogen-bond donors (Lipinski definition) is 0. The SMILES string of the molecule is CCOC1C(Cl)CC1OCCOCCOC. The molecule has 1 saturated carbocycles. The second kappa shape index (κ2) is 8.25. The molecule has 0 amide bonds. The fourth-order valence-corrected chi connectivity index (χ4v) is 2.01. The van der Waals surface area contributed by atoms with Crippen LogP contribution in [0.4, 0.5) is 0 Å². The van der Waals surface area contributed by atoms with Gasteiger partial charge in [-0.15, -0.1) is 11.6 Å². The molecule has 0 N–H and O–H groups in total. The normalized spacial score (nSPS) is 29.1. The molecule has 0 radical (unpaired) electrons. The first-order valence-corrected chi connectivity index (χ1v) is 6.17. The van der Waals surface area contributed by atoms with E-state index in [1.807, 2.05) is 6.92 Å². The van der Waals surface area contributed by atoms with Crippen LogP contribution in [-0.2, 0) is 18.9 Å². The van der Waals surface area contributed by atoms with Gasteiger partial charge in [0.25, 0.3) is 0 Å². The number of methoxy groups -OCH3 is 1. The molecule has 1 aliphatic rings. The Kier molecular flexibility index (Phi) is 7.32. The van der Waals surface area contributed by atoms with Gasteiger partial charge < -0.3 is 18.9 Å². The molecule has 1 aliphatic carbocycles. The van der Waals surface area contributed by atoms with E-state index >= 15 is 0 Å². The van der Waals surface area contributed by atoms with Crippen molar-refractivity contribution in [3.8, 4) is 0 Å². The highest BCUT2D eigenvalue weighted by Crippen LogP contribution is 2.31. The van der Waals surface area contributed by atoms with Crippen LogP contribution in [0.1, 0.15) is 13.3 Å². The van der Waals surface area contributed by atoms with Gasteiger partial charge in [-0.25, -0.2) is 0 Å². The average Bonchev–Trinajstić information content (AvgIpc) is 2.29. The summed E-state index contributed by atoms with van der Waals surface area (Å²) >= 11 is 6.02. The van der Waals surface area contributed by atoms with Gasteiger partial charge in [-0.05, 0) is 13.3 Å². The van der Waals surface area contributed by atoms with Crippen LogP contribution in [0, 0.1) is 0 Å². The minimum absolute atomic E-state index is 0.0469. The zero-order valence-corrected chi connectivity index (χ0v) is 10.7. The number of hydrogen-bond acceptors (Lipinski definition) is 4. The molecule has 0 heterocycles. The third kappa shape index (κ3) is 4.55. The van der Waals surface area contributed by atoms with Gasteiger partial charge in [0, 0.05) is 13.7 Å². The number of halogens is 1. The third-order valence-electron chi connectivity index (χ3n) is 2.53. The van der Waals surface area contributed by atoms with Gasteiger partial charge in [-0.1, -0.05) is 0 Å². The van der Waals surface area contributed by atoms with E-state index in [0.717, 1.165) is 6.42 Å². The van der Waals surface area contributed by atoms with Gasteiger partial charge in [0.2, 0.25) is 0 Å². The summed E-state index contributed by atoms with van der Waals surface area (Å²) in [6.07, 6.45) is 1.05. The highest BCUT2D eigenvalue weighted by atomic mass is 35.5. The summed E-state index contributed by atoms with van der Waals surface area (Å²) in [5.74, 6) is 0. The number of alkyl halides is 1. The summed E-state index contributed by atoms with van der Waals surface area (Å²) in [6, 6.07) is 0. The van der Waals surface area contributed by atoms with Gasteiger partial charge in [-0.3, -0.25) is 0 Å². The fraction of sp³-hybridized carbons (Fsp3) is 1.00. The molecule has 5 heteroatoms. The van der Waals surface area contributed by atoms with Crippen molar-refractivity contribution < 1.29 is 18.9 Å². The Bertz CT molecular complexity index is 179. The molecule has 3 atom stereocenters. The van der Waals surface area contributed by atoms with Gasteiger partial charge >= 0.3 is 0 Å². The monoisotopic (exact) mass is 252 g/mol. The molecule has 0 aliphatic heterocycles. The van der Waals surface area contributed by atoms with Crippen LogP contribution in [-0.4, -0.2) is 57.7 Å². The molecule has 0 aromatic heterocycles. The van der Waals surface area contributed by atoms with Crippen LogP contribution >= 0.6 is 11.6 Å². The van der Waals surface area contributed by atoms with E-state index < -0.39 is 0 Å². The van der Waals surface area contributed by atoms with Crippen molar-refractivity contribution in [2.24, 2.45) is 0 Å². The average molecular weight is 253 g/mol. The molecule has 16 heavy (non-hydrogen) atoms. The standard InChI is InChI=1S/C11H21ClO4/c1-3-15-11-9(12)8-10(11)16-7-6-14-5-4-13-2/h9-11H,3-8H2,1-2H3. The molecule has 0 spiro atoms. The van der Waals surface area contributed by atoms with E-state index in [-0.39, 0.29) is 17.6 Å². The summed E-state index contributed by atoms with van der Waals surface area (Å²) < 4.78 is 21.3.